The van der Waals surface area contributed by atoms with E-state index >= 15 is 0 Å². The molecule has 2 N–H and O–H groups in total. The average Bonchev–Trinajstić information content (AvgIpc) is 2.77. The lowest BCUT2D eigenvalue weighted by molar-refractivity contribution is 0.0976. The number of amides is 1. The standard InChI is InChI=1S/C23H20Cl2N2O3S/c24-18-9-6-17(21(25)14-18)15-26-23(31)27-22(28)16-7-10-20(11-8-16)30-13-12-29-19-4-2-1-3-5-19/h1-11,14H,12-13,15H2,(H2,26,27,28,31). The molecule has 0 saturated carbocycles. The lowest BCUT2D eigenvalue weighted by Gasteiger charge is -2.11. The van der Waals surface area contributed by atoms with E-state index in [0.29, 0.717) is 41.1 Å². The minimum atomic E-state index is -0.321. The minimum absolute atomic E-state index is 0.203. The second kappa shape index (κ2) is 11.6. The zero-order valence-electron chi connectivity index (χ0n) is 16.4. The molecule has 8 heteroatoms. The normalized spacial score (nSPS) is 10.3. The van der Waals surface area contributed by atoms with Crippen LogP contribution in [0.5, 0.6) is 11.5 Å². The molecular weight excluding hydrogens is 455 g/mol. The molecule has 0 unspecified atom stereocenters. The van der Waals surface area contributed by atoms with Crippen molar-refractivity contribution in [1.82, 2.24) is 10.6 Å². The Morgan fingerprint density at radius 2 is 1.52 bits per heavy atom. The Labute approximate surface area is 196 Å². The van der Waals surface area contributed by atoms with Crippen LogP contribution in [-0.4, -0.2) is 24.2 Å². The third-order valence-electron chi connectivity index (χ3n) is 4.16. The van der Waals surface area contributed by atoms with Gasteiger partial charge < -0.3 is 14.8 Å². The van der Waals surface area contributed by atoms with Crippen LogP contribution in [0.3, 0.4) is 0 Å². The van der Waals surface area contributed by atoms with Gasteiger partial charge >= 0.3 is 0 Å². The Kier molecular flexibility index (Phi) is 8.53. The fourth-order valence-corrected chi connectivity index (χ4v) is 3.24. The first-order valence-electron chi connectivity index (χ1n) is 9.45. The van der Waals surface area contributed by atoms with E-state index in [0.717, 1.165) is 11.3 Å². The number of benzene rings is 3. The van der Waals surface area contributed by atoms with Crippen LogP contribution < -0.4 is 20.1 Å². The first-order chi connectivity index (χ1) is 15.0. The molecule has 0 aliphatic carbocycles. The Morgan fingerprint density at radius 1 is 0.871 bits per heavy atom. The molecule has 0 atom stereocenters. The predicted octanol–water partition coefficient (Wildman–Crippen LogP) is 5.26. The summed E-state index contributed by atoms with van der Waals surface area (Å²) in [6.45, 7) is 1.18. The SMILES string of the molecule is O=C(NC(=S)NCc1ccc(Cl)cc1Cl)c1ccc(OCCOc2ccccc2)cc1. The molecule has 1 amide bonds. The summed E-state index contributed by atoms with van der Waals surface area (Å²) in [6, 6.07) is 21.5. The molecular formula is C23H20Cl2N2O3S. The smallest absolute Gasteiger partial charge is 0.257 e. The summed E-state index contributed by atoms with van der Waals surface area (Å²) in [5, 5.41) is 6.88. The summed E-state index contributed by atoms with van der Waals surface area (Å²) in [4.78, 5) is 12.4. The van der Waals surface area contributed by atoms with Gasteiger partial charge in [-0.2, -0.15) is 0 Å². The van der Waals surface area contributed by atoms with E-state index in [9.17, 15) is 4.79 Å². The van der Waals surface area contributed by atoms with Crippen molar-refractivity contribution in [3.63, 3.8) is 0 Å². The third-order valence-corrected chi connectivity index (χ3v) is 5.00. The topological polar surface area (TPSA) is 59.6 Å². The number of hydrogen-bond donors (Lipinski definition) is 2. The van der Waals surface area contributed by atoms with Crippen molar-refractivity contribution in [2.45, 2.75) is 6.54 Å². The highest BCUT2D eigenvalue weighted by Gasteiger charge is 2.09. The monoisotopic (exact) mass is 474 g/mol. The van der Waals surface area contributed by atoms with Crippen LogP contribution in [-0.2, 0) is 6.54 Å². The Morgan fingerprint density at radius 3 is 2.16 bits per heavy atom. The fourth-order valence-electron chi connectivity index (χ4n) is 2.60. The van der Waals surface area contributed by atoms with Gasteiger partial charge in [-0.25, -0.2) is 0 Å². The lowest BCUT2D eigenvalue weighted by atomic mass is 10.2. The molecule has 0 heterocycles. The van der Waals surface area contributed by atoms with Gasteiger partial charge in [0.15, 0.2) is 5.11 Å². The maximum Gasteiger partial charge on any atom is 0.257 e. The number of carbonyl (C=O) groups is 1. The summed E-state index contributed by atoms with van der Waals surface area (Å²) < 4.78 is 11.2. The van der Waals surface area contributed by atoms with Crippen LogP contribution in [0.2, 0.25) is 10.0 Å². The molecule has 31 heavy (non-hydrogen) atoms. The molecule has 0 aliphatic heterocycles. The zero-order chi connectivity index (χ0) is 22.1. The van der Waals surface area contributed by atoms with Gasteiger partial charge in [-0.15, -0.1) is 0 Å². The zero-order valence-corrected chi connectivity index (χ0v) is 18.8. The summed E-state index contributed by atoms with van der Waals surface area (Å²) >= 11 is 17.2. The van der Waals surface area contributed by atoms with Gasteiger partial charge in [-0.1, -0.05) is 47.5 Å². The minimum Gasteiger partial charge on any atom is -0.490 e. The first kappa shape index (κ1) is 22.9. The predicted molar refractivity (Wildman–Crippen MR) is 127 cm³/mol. The highest BCUT2D eigenvalue weighted by Crippen LogP contribution is 2.20. The van der Waals surface area contributed by atoms with Crippen LogP contribution in [0.25, 0.3) is 0 Å². The van der Waals surface area contributed by atoms with Crippen molar-refractivity contribution in [3.05, 3.63) is 94.0 Å². The summed E-state index contributed by atoms with van der Waals surface area (Å²) in [5.41, 5.74) is 1.28. The Bertz CT molecular complexity index is 1030. The van der Waals surface area contributed by atoms with Crippen LogP contribution in [0, 0.1) is 0 Å². The summed E-state index contributed by atoms with van der Waals surface area (Å²) in [5.74, 6) is 1.12. The Hall–Kier alpha value is -2.80. The highest BCUT2D eigenvalue weighted by molar-refractivity contribution is 7.80. The van der Waals surface area contributed by atoms with Crippen molar-refractivity contribution in [2.75, 3.05) is 13.2 Å². The van der Waals surface area contributed by atoms with Gasteiger partial charge in [0.25, 0.3) is 5.91 Å². The number of ether oxygens (including phenoxy) is 2. The molecule has 3 aromatic rings. The van der Waals surface area contributed by atoms with Gasteiger partial charge in [-0.3, -0.25) is 10.1 Å². The Balaban J connectivity index is 1.41. The number of halogens is 2. The van der Waals surface area contributed by atoms with Gasteiger partial charge in [0.05, 0.1) is 0 Å². The van der Waals surface area contributed by atoms with Crippen molar-refractivity contribution < 1.29 is 14.3 Å². The number of thiocarbonyl (C=S) groups is 1. The second-order valence-corrected chi connectivity index (χ2v) is 7.66. The third kappa shape index (κ3) is 7.43. The van der Waals surface area contributed by atoms with E-state index in [-0.39, 0.29) is 11.0 Å². The van der Waals surface area contributed by atoms with Gasteiger partial charge in [-0.05, 0) is 66.3 Å². The highest BCUT2D eigenvalue weighted by atomic mass is 35.5. The molecule has 0 aliphatic rings. The first-order valence-corrected chi connectivity index (χ1v) is 10.6. The number of rotatable bonds is 8. The van der Waals surface area contributed by atoms with E-state index in [1.54, 1.807) is 42.5 Å². The van der Waals surface area contributed by atoms with Crippen molar-refractivity contribution >= 4 is 46.4 Å². The molecule has 3 aromatic carbocycles. The van der Waals surface area contributed by atoms with Gasteiger partial charge in [0.2, 0.25) is 0 Å². The maximum absolute atomic E-state index is 12.4. The van der Waals surface area contributed by atoms with E-state index in [1.807, 2.05) is 30.3 Å². The largest absolute Gasteiger partial charge is 0.490 e. The van der Waals surface area contributed by atoms with E-state index in [1.165, 1.54) is 0 Å². The average molecular weight is 475 g/mol. The second-order valence-electron chi connectivity index (χ2n) is 6.41. The lowest BCUT2D eigenvalue weighted by Crippen LogP contribution is -2.38. The molecule has 0 fully saturated rings. The quantitative estimate of drug-likeness (QED) is 0.344. The molecule has 160 valence electrons. The van der Waals surface area contributed by atoms with E-state index in [2.05, 4.69) is 10.6 Å². The van der Waals surface area contributed by atoms with Gasteiger partial charge in [0.1, 0.15) is 24.7 Å². The van der Waals surface area contributed by atoms with Crippen LogP contribution in [0.1, 0.15) is 15.9 Å². The molecule has 5 nitrogen and oxygen atoms in total. The van der Waals surface area contributed by atoms with Gasteiger partial charge in [0, 0.05) is 22.2 Å². The van der Waals surface area contributed by atoms with Crippen LogP contribution >= 0.6 is 35.4 Å². The van der Waals surface area contributed by atoms with Crippen molar-refractivity contribution in [1.29, 1.82) is 0 Å². The van der Waals surface area contributed by atoms with Crippen LogP contribution in [0.15, 0.2) is 72.8 Å². The maximum atomic E-state index is 12.4. The summed E-state index contributed by atoms with van der Waals surface area (Å²) in [7, 11) is 0. The number of carbonyl (C=O) groups excluding carboxylic acids is 1. The van der Waals surface area contributed by atoms with Crippen LogP contribution in [0.4, 0.5) is 0 Å². The molecule has 0 bridgehead atoms. The molecule has 0 saturated heterocycles. The van der Waals surface area contributed by atoms with E-state index < -0.39 is 0 Å². The van der Waals surface area contributed by atoms with Crippen molar-refractivity contribution in [2.24, 2.45) is 0 Å². The van der Waals surface area contributed by atoms with Crippen molar-refractivity contribution in [3.8, 4) is 11.5 Å². The molecule has 0 spiro atoms. The molecule has 3 rings (SSSR count). The fraction of sp³-hybridized carbons (Fsp3) is 0.130. The number of hydrogen-bond acceptors (Lipinski definition) is 4. The summed E-state index contributed by atoms with van der Waals surface area (Å²) in [6.07, 6.45) is 0. The van der Waals surface area contributed by atoms with E-state index in [4.69, 9.17) is 44.9 Å². The number of nitrogens with one attached hydrogen (secondary N) is 2. The molecule has 0 radical (unpaired) electrons. The number of para-hydroxylation sites is 1. The molecule has 0 aromatic heterocycles.